The smallest absolute Gasteiger partial charge is 0.172 e. The predicted octanol–water partition coefficient (Wildman–Crippen LogP) is 3.85. The van der Waals surface area contributed by atoms with Crippen LogP contribution < -0.4 is 0 Å². The molecule has 6 heteroatoms. The maximum Gasteiger partial charge on any atom is 0.172 e. The van der Waals surface area contributed by atoms with Crippen molar-refractivity contribution in [2.45, 2.75) is 6.92 Å². The van der Waals surface area contributed by atoms with Gasteiger partial charge < -0.3 is 0 Å². The lowest BCUT2D eigenvalue weighted by atomic mass is 10.1. The molecule has 3 rings (SSSR count). The van der Waals surface area contributed by atoms with Crippen molar-refractivity contribution in [1.82, 2.24) is 15.0 Å². The molecule has 0 aliphatic heterocycles. The Hall–Kier alpha value is -2.53. The van der Waals surface area contributed by atoms with E-state index in [1.807, 2.05) is 6.92 Å². The maximum absolute atomic E-state index is 14.1. The highest BCUT2D eigenvalue weighted by atomic mass is 35.5. The van der Waals surface area contributed by atoms with Crippen molar-refractivity contribution in [3.63, 3.8) is 0 Å². The standard InChI is InChI=1S/C16H11ClFN3O/c1-10-12(17)6-4-8-15(10)21-16(14(9-22)19-20-21)11-5-2-3-7-13(11)18/h2-9H,1H3. The summed E-state index contributed by atoms with van der Waals surface area (Å²) < 4.78 is 15.6. The Morgan fingerprint density at radius 2 is 1.95 bits per heavy atom. The molecule has 0 saturated heterocycles. The van der Waals surface area contributed by atoms with E-state index < -0.39 is 5.82 Å². The number of hydrogen-bond acceptors (Lipinski definition) is 3. The first-order chi connectivity index (χ1) is 10.6. The van der Waals surface area contributed by atoms with Gasteiger partial charge in [0.2, 0.25) is 0 Å². The Morgan fingerprint density at radius 3 is 2.68 bits per heavy atom. The van der Waals surface area contributed by atoms with Gasteiger partial charge in [-0.15, -0.1) is 5.10 Å². The molecule has 0 spiro atoms. The van der Waals surface area contributed by atoms with Crippen molar-refractivity contribution in [2.24, 2.45) is 0 Å². The first-order valence-corrected chi connectivity index (χ1v) is 6.92. The zero-order valence-electron chi connectivity index (χ0n) is 11.6. The molecule has 0 N–H and O–H groups in total. The molecule has 0 aliphatic rings. The fraction of sp³-hybridized carbons (Fsp3) is 0.0625. The second kappa shape index (κ2) is 5.69. The van der Waals surface area contributed by atoms with Crippen LogP contribution in [0.5, 0.6) is 0 Å². The highest BCUT2D eigenvalue weighted by Crippen LogP contribution is 2.29. The van der Waals surface area contributed by atoms with E-state index in [4.69, 9.17) is 11.6 Å². The summed E-state index contributed by atoms with van der Waals surface area (Å²) >= 11 is 6.13. The minimum absolute atomic E-state index is 0.0736. The van der Waals surface area contributed by atoms with Gasteiger partial charge in [0, 0.05) is 10.6 Å². The zero-order chi connectivity index (χ0) is 15.7. The van der Waals surface area contributed by atoms with E-state index in [1.165, 1.54) is 10.7 Å². The van der Waals surface area contributed by atoms with Gasteiger partial charge in [0.15, 0.2) is 12.0 Å². The average Bonchev–Trinajstić information content (AvgIpc) is 2.94. The van der Waals surface area contributed by atoms with Gasteiger partial charge >= 0.3 is 0 Å². The SMILES string of the molecule is Cc1c(Cl)cccc1-n1nnc(C=O)c1-c1ccccc1F. The molecule has 0 atom stereocenters. The van der Waals surface area contributed by atoms with Gasteiger partial charge in [-0.25, -0.2) is 9.07 Å². The van der Waals surface area contributed by atoms with E-state index in [-0.39, 0.29) is 11.3 Å². The van der Waals surface area contributed by atoms with Gasteiger partial charge in [0.25, 0.3) is 0 Å². The van der Waals surface area contributed by atoms with Crippen molar-refractivity contribution in [3.05, 3.63) is 64.6 Å². The van der Waals surface area contributed by atoms with Crippen LogP contribution in [0.15, 0.2) is 42.5 Å². The number of halogens is 2. The number of carbonyl (C=O) groups excluding carboxylic acids is 1. The summed E-state index contributed by atoms with van der Waals surface area (Å²) in [5.74, 6) is -0.450. The number of hydrogen-bond donors (Lipinski definition) is 0. The second-order valence-corrected chi connectivity index (χ2v) is 5.12. The van der Waals surface area contributed by atoms with Gasteiger partial charge in [0.1, 0.15) is 11.5 Å². The zero-order valence-corrected chi connectivity index (χ0v) is 12.4. The van der Waals surface area contributed by atoms with E-state index in [2.05, 4.69) is 10.3 Å². The minimum Gasteiger partial charge on any atom is -0.296 e. The molecule has 2 aromatic carbocycles. The van der Waals surface area contributed by atoms with Gasteiger partial charge in [-0.1, -0.05) is 35.0 Å². The summed E-state index contributed by atoms with van der Waals surface area (Å²) in [4.78, 5) is 11.2. The van der Waals surface area contributed by atoms with Crippen molar-refractivity contribution in [2.75, 3.05) is 0 Å². The number of rotatable bonds is 3. The van der Waals surface area contributed by atoms with Crippen LogP contribution in [0.25, 0.3) is 16.9 Å². The van der Waals surface area contributed by atoms with Crippen molar-refractivity contribution < 1.29 is 9.18 Å². The summed E-state index contributed by atoms with van der Waals surface area (Å²) in [6.45, 7) is 1.82. The summed E-state index contributed by atoms with van der Waals surface area (Å²) in [6.07, 6.45) is 0.561. The molecule has 0 fully saturated rings. The molecule has 0 amide bonds. The number of carbonyl (C=O) groups is 1. The Bertz CT molecular complexity index is 860. The van der Waals surface area contributed by atoms with Crippen molar-refractivity contribution in [3.8, 4) is 16.9 Å². The monoisotopic (exact) mass is 315 g/mol. The van der Waals surface area contributed by atoms with Crippen LogP contribution in [0.3, 0.4) is 0 Å². The van der Waals surface area contributed by atoms with E-state index in [0.29, 0.717) is 22.7 Å². The Kier molecular flexibility index (Phi) is 3.73. The van der Waals surface area contributed by atoms with E-state index >= 15 is 0 Å². The molecular formula is C16H11ClFN3O. The number of benzene rings is 2. The fourth-order valence-corrected chi connectivity index (χ4v) is 2.44. The van der Waals surface area contributed by atoms with Gasteiger partial charge in [-0.05, 0) is 36.8 Å². The third-order valence-electron chi connectivity index (χ3n) is 3.40. The lowest BCUT2D eigenvalue weighted by Gasteiger charge is -2.11. The van der Waals surface area contributed by atoms with Crippen molar-refractivity contribution >= 4 is 17.9 Å². The van der Waals surface area contributed by atoms with Crippen LogP contribution in [0.1, 0.15) is 16.1 Å². The highest BCUT2D eigenvalue weighted by Gasteiger charge is 2.20. The molecule has 1 heterocycles. The molecule has 1 aromatic heterocycles. The summed E-state index contributed by atoms with van der Waals surface area (Å²) in [7, 11) is 0. The Labute approximate surface area is 131 Å². The first kappa shape index (κ1) is 14.4. The Morgan fingerprint density at radius 1 is 1.18 bits per heavy atom. The summed E-state index contributed by atoms with van der Waals surface area (Å²) in [5, 5.41) is 8.38. The predicted molar refractivity (Wildman–Crippen MR) is 81.9 cm³/mol. The number of aromatic nitrogens is 3. The van der Waals surface area contributed by atoms with E-state index in [9.17, 15) is 9.18 Å². The Balaban J connectivity index is 2.31. The molecule has 3 aromatic rings. The van der Waals surface area contributed by atoms with Gasteiger partial charge in [-0.2, -0.15) is 0 Å². The topological polar surface area (TPSA) is 47.8 Å². The van der Waals surface area contributed by atoms with Crippen LogP contribution in [0.2, 0.25) is 5.02 Å². The first-order valence-electron chi connectivity index (χ1n) is 6.54. The maximum atomic E-state index is 14.1. The largest absolute Gasteiger partial charge is 0.296 e. The molecule has 110 valence electrons. The van der Waals surface area contributed by atoms with Crippen molar-refractivity contribution in [1.29, 1.82) is 0 Å². The van der Waals surface area contributed by atoms with E-state index in [1.54, 1.807) is 36.4 Å². The third kappa shape index (κ3) is 2.29. The average molecular weight is 316 g/mol. The normalized spacial score (nSPS) is 10.7. The summed E-state index contributed by atoms with van der Waals surface area (Å²) in [6, 6.07) is 11.5. The highest BCUT2D eigenvalue weighted by molar-refractivity contribution is 6.31. The molecular weight excluding hydrogens is 305 g/mol. The van der Waals surface area contributed by atoms with Crippen LogP contribution in [0.4, 0.5) is 4.39 Å². The number of nitrogens with zero attached hydrogens (tertiary/aromatic N) is 3. The molecule has 0 saturated carbocycles. The molecule has 0 radical (unpaired) electrons. The molecule has 0 aliphatic carbocycles. The van der Waals surface area contributed by atoms with Gasteiger partial charge in [0.05, 0.1) is 5.69 Å². The lowest BCUT2D eigenvalue weighted by Crippen LogP contribution is -2.03. The fourth-order valence-electron chi connectivity index (χ4n) is 2.27. The molecule has 4 nitrogen and oxygen atoms in total. The van der Waals surface area contributed by atoms with Crippen LogP contribution in [0, 0.1) is 12.7 Å². The quantitative estimate of drug-likeness (QED) is 0.690. The van der Waals surface area contributed by atoms with E-state index in [0.717, 1.165) is 5.56 Å². The van der Waals surface area contributed by atoms with Crippen LogP contribution in [-0.2, 0) is 0 Å². The lowest BCUT2D eigenvalue weighted by molar-refractivity contribution is 0.111. The minimum atomic E-state index is -0.450. The molecule has 22 heavy (non-hydrogen) atoms. The number of aldehydes is 1. The van der Waals surface area contributed by atoms with Crippen LogP contribution in [-0.4, -0.2) is 21.3 Å². The van der Waals surface area contributed by atoms with Gasteiger partial charge in [-0.3, -0.25) is 4.79 Å². The summed E-state index contributed by atoms with van der Waals surface area (Å²) in [5.41, 5.74) is 2.05. The molecule has 0 bridgehead atoms. The third-order valence-corrected chi connectivity index (χ3v) is 3.81. The second-order valence-electron chi connectivity index (χ2n) is 4.72. The van der Waals surface area contributed by atoms with Crippen LogP contribution >= 0.6 is 11.6 Å². The molecule has 0 unspecified atom stereocenters.